The zero-order valence-electron chi connectivity index (χ0n) is 23.6. The standard InChI is InChI=1S/C28H31ClFN9O4/c1-28(22(40)13-43-27(28)42)14-38(2)26-21(11-19(36-37-26)17-10-16(29)4-5-18(17)30)35-23-12-20(33-15-34-23)24(25(31)41)39-8-3-6-32-7-9-39/h4-5,10-12,15,24,32H,3,6-9,13-14H2,1-2H3,(H2,31,41)(H,33,34,35,36). The number of nitrogens with zero attached hydrogens (tertiary/aromatic N) is 6. The number of cyclic esters (lactones) is 1. The SMILES string of the molecule is CN(CC1(C)C(=O)COC1=O)c1nnc(-c2cc(Cl)ccc2F)cc1Nc1cc(C(C(N)=O)N2CCCNCC2)ncn1. The summed E-state index contributed by atoms with van der Waals surface area (Å²) in [4.78, 5) is 49.7. The molecule has 2 saturated heterocycles. The van der Waals surface area contributed by atoms with E-state index in [0.717, 1.165) is 13.0 Å². The summed E-state index contributed by atoms with van der Waals surface area (Å²) in [6, 6.07) is 6.46. The Labute approximate surface area is 252 Å². The topological polar surface area (TPSA) is 169 Å². The first kappa shape index (κ1) is 30.2. The molecule has 0 bridgehead atoms. The minimum atomic E-state index is -1.41. The maximum absolute atomic E-state index is 14.8. The van der Waals surface area contributed by atoms with Crippen LogP contribution in [0.3, 0.4) is 0 Å². The van der Waals surface area contributed by atoms with E-state index in [0.29, 0.717) is 41.9 Å². The fourth-order valence-electron chi connectivity index (χ4n) is 5.22. The Morgan fingerprint density at radius 1 is 1.23 bits per heavy atom. The maximum Gasteiger partial charge on any atom is 0.321 e. The highest BCUT2D eigenvalue weighted by Crippen LogP contribution is 2.35. The minimum absolute atomic E-state index is 0.0549. The van der Waals surface area contributed by atoms with Crippen molar-refractivity contribution < 1.29 is 23.5 Å². The van der Waals surface area contributed by atoms with Gasteiger partial charge in [0, 0.05) is 49.9 Å². The molecule has 0 aliphatic carbocycles. The molecule has 0 radical (unpaired) electrons. The fraction of sp³-hybridized carbons (Fsp3) is 0.393. The van der Waals surface area contributed by atoms with Gasteiger partial charge in [-0.3, -0.25) is 19.3 Å². The molecule has 43 heavy (non-hydrogen) atoms. The van der Waals surface area contributed by atoms with E-state index in [9.17, 15) is 18.8 Å². The van der Waals surface area contributed by atoms with Crippen molar-refractivity contribution in [1.29, 1.82) is 0 Å². The van der Waals surface area contributed by atoms with Gasteiger partial charge in [-0.25, -0.2) is 14.4 Å². The van der Waals surface area contributed by atoms with E-state index in [4.69, 9.17) is 22.1 Å². The highest BCUT2D eigenvalue weighted by Gasteiger charge is 2.49. The van der Waals surface area contributed by atoms with Crippen molar-refractivity contribution in [2.24, 2.45) is 11.1 Å². The first-order valence-electron chi connectivity index (χ1n) is 13.6. The van der Waals surface area contributed by atoms with Gasteiger partial charge in [0.25, 0.3) is 0 Å². The second kappa shape index (κ2) is 12.5. The van der Waals surface area contributed by atoms with Crippen LogP contribution in [0.2, 0.25) is 5.02 Å². The van der Waals surface area contributed by atoms with Gasteiger partial charge in [-0.15, -0.1) is 10.2 Å². The molecule has 2 aliphatic heterocycles. The fourth-order valence-corrected chi connectivity index (χ4v) is 5.39. The number of carbonyl (C=O) groups excluding carboxylic acids is 3. The number of hydrogen-bond donors (Lipinski definition) is 3. The molecule has 4 heterocycles. The van der Waals surface area contributed by atoms with Crippen molar-refractivity contribution in [3.63, 3.8) is 0 Å². The van der Waals surface area contributed by atoms with Crippen LogP contribution >= 0.6 is 11.6 Å². The predicted octanol–water partition coefficient (Wildman–Crippen LogP) is 1.86. The van der Waals surface area contributed by atoms with Gasteiger partial charge in [0.15, 0.2) is 18.2 Å². The number of hydrogen-bond acceptors (Lipinski definition) is 12. The molecule has 4 N–H and O–H groups in total. The summed E-state index contributed by atoms with van der Waals surface area (Å²) in [7, 11) is 1.64. The molecule has 3 aromatic rings. The molecule has 0 spiro atoms. The Morgan fingerprint density at radius 2 is 2.05 bits per heavy atom. The van der Waals surface area contributed by atoms with E-state index < -0.39 is 29.2 Å². The summed E-state index contributed by atoms with van der Waals surface area (Å²) in [6.45, 7) is 3.96. The zero-order valence-corrected chi connectivity index (χ0v) is 24.4. The van der Waals surface area contributed by atoms with Gasteiger partial charge in [-0.1, -0.05) is 11.6 Å². The number of Topliss-reactive ketones (excluding diaryl/α,β-unsaturated/α-hetero) is 1. The number of carbonyl (C=O) groups is 3. The lowest BCUT2D eigenvalue weighted by molar-refractivity contribution is -0.145. The number of anilines is 3. The lowest BCUT2D eigenvalue weighted by Crippen LogP contribution is -2.42. The Morgan fingerprint density at radius 3 is 2.79 bits per heavy atom. The van der Waals surface area contributed by atoms with E-state index in [-0.39, 0.29) is 36.0 Å². The molecule has 1 amide bonds. The van der Waals surface area contributed by atoms with Gasteiger partial charge < -0.3 is 26.0 Å². The molecule has 1 aromatic carbocycles. The van der Waals surface area contributed by atoms with Crippen molar-refractivity contribution in [2.75, 3.05) is 56.6 Å². The minimum Gasteiger partial charge on any atom is -0.457 e. The van der Waals surface area contributed by atoms with Crippen LogP contribution in [0.25, 0.3) is 11.3 Å². The number of nitrogens with one attached hydrogen (secondary N) is 2. The summed E-state index contributed by atoms with van der Waals surface area (Å²) >= 11 is 6.13. The Hall–Kier alpha value is -4.27. The molecule has 2 atom stereocenters. The second-order valence-electron chi connectivity index (χ2n) is 10.7. The number of primary amides is 1. The highest BCUT2D eigenvalue weighted by atomic mass is 35.5. The normalized spacial score (nSPS) is 19.9. The third-order valence-corrected chi connectivity index (χ3v) is 7.77. The summed E-state index contributed by atoms with van der Waals surface area (Å²) in [5, 5.41) is 15.3. The molecule has 2 fully saturated rings. The molecule has 13 nitrogen and oxygen atoms in total. The quantitative estimate of drug-likeness (QED) is 0.237. The van der Waals surface area contributed by atoms with Gasteiger partial charge in [0.05, 0.1) is 17.1 Å². The summed E-state index contributed by atoms with van der Waals surface area (Å²) < 4.78 is 19.8. The highest BCUT2D eigenvalue weighted by molar-refractivity contribution is 6.30. The van der Waals surface area contributed by atoms with E-state index in [2.05, 4.69) is 30.8 Å². The summed E-state index contributed by atoms with van der Waals surface area (Å²) in [5.74, 6) is -1.55. The average molecular weight is 612 g/mol. The van der Waals surface area contributed by atoms with Gasteiger partial charge >= 0.3 is 5.97 Å². The van der Waals surface area contributed by atoms with Crippen molar-refractivity contribution in [3.8, 4) is 11.3 Å². The molecule has 2 aliphatic rings. The van der Waals surface area contributed by atoms with Crippen molar-refractivity contribution in [2.45, 2.75) is 19.4 Å². The number of amides is 1. The van der Waals surface area contributed by atoms with Crippen LogP contribution in [-0.2, 0) is 19.1 Å². The number of ether oxygens (including phenoxy) is 1. The van der Waals surface area contributed by atoms with Crippen LogP contribution in [0.15, 0.2) is 36.7 Å². The van der Waals surface area contributed by atoms with E-state index in [1.165, 1.54) is 31.5 Å². The van der Waals surface area contributed by atoms with Crippen LogP contribution in [0.4, 0.5) is 21.7 Å². The van der Waals surface area contributed by atoms with Gasteiger partial charge in [-0.05, 0) is 44.2 Å². The molecule has 226 valence electrons. The van der Waals surface area contributed by atoms with Gasteiger partial charge in [0.1, 0.15) is 29.4 Å². The van der Waals surface area contributed by atoms with Crippen LogP contribution < -0.4 is 21.3 Å². The van der Waals surface area contributed by atoms with Crippen LogP contribution in [0.1, 0.15) is 25.1 Å². The molecular weight excluding hydrogens is 581 g/mol. The third-order valence-electron chi connectivity index (χ3n) is 7.53. The lowest BCUT2D eigenvalue weighted by Gasteiger charge is -2.28. The molecule has 0 saturated carbocycles. The third kappa shape index (κ3) is 6.40. The Bertz CT molecular complexity index is 1530. The van der Waals surface area contributed by atoms with Crippen LogP contribution in [0, 0.1) is 11.2 Å². The Kier molecular flexibility index (Phi) is 8.80. The maximum atomic E-state index is 14.8. The number of rotatable bonds is 9. The van der Waals surface area contributed by atoms with Gasteiger partial charge in [-0.2, -0.15) is 0 Å². The number of esters is 1. The summed E-state index contributed by atoms with van der Waals surface area (Å²) in [6.07, 6.45) is 2.16. The zero-order chi connectivity index (χ0) is 30.7. The number of aromatic nitrogens is 4. The lowest BCUT2D eigenvalue weighted by atomic mass is 9.87. The monoisotopic (exact) mass is 611 g/mol. The average Bonchev–Trinajstić information content (AvgIpc) is 3.14. The van der Waals surface area contributed by atoms with Crippen molar-refractivity contribution in [3.05, 3.63) is 53.2 Å². The van der Waals surface area contributed by atoms with Crippen molar-refractivity contribution >= 4 is 46.6 Å². The molecule has 15 heteroatoms. The molecular formula is C28H31ClFN9O4. The number of halogens is 2. The first-order valence-corrected chi connectivity index (χ1v) is 14.0. The number of benzene rings is 1. The smallest absolute Gasteiger partial charge is 0.321 e. The van der Waals surface area contributed by atoms with Crippen molar-refractivity contribution in [1.82, 2.24) is 30.4 Å². The van der Waals surface area contributed by atoms with E-state index in [1.54, 1.807) is 24.1 Å². The number of nitrogens with two attached hydrogens (primary N) is 1. The van der Waals surface area contributed by atoms with E-state index >= 15 is 0 Å². The predicted molar refractivity (Wildman–Crippen MR) is 156 cm³/mol. The summed E-state index contributed by atoms with van der Waals surface area (Å²) in [5.41, 5.74) is 5.42. The second-order valence-corrected chi connectivity index (χ2v) is 11.1. The molecule has 5 rings (SSSR count). The van der Waals surface area contributed by atoms with Crippen LogP contribution in [-0.4, -0.2) is 89.1 Å². The first-order chi connectivity index (χ1) is 20.6. The molecule has 2 aromatic heterocycles. The van der Waals surface area contributed by atoms with Gasteiger partial charge in [0.2, 0.25) is 5.91 Å². The number of ketones is 1. The largest absolute Gasteiger partial charge is 0.457 e. The molecule has 2 unspecified atom stereocenters. The van der Waals surface area contributed by atoms with Crippen LogP contribution in [0.5, 0.6) is 0 Å². The van der Waals surface area contributed by atoms with E-state index in [1.807, 2.05) is 4.90 Å². The Balaban J connectivity index is 1.52.